The summed E-state index contributed by atoms with van der Waals surface area (Å²) in [6, 6.07) is 2.10. The molecule has 0 saturated carbocycles. The Labute approximate surface area is 119 Å². The van der Waals surface area contributed by atoms with Crippen LogP contribution in [0, 0.1) is 13.8 Å². The Balaban J connectivity index is 1.78. The van der Waals surface area contributed by atoms with E-state index < -0.39 is 0 Å². The van der Waals surface area contributed by atoms with Crippen LogP contribution < -0.4 is 10.6 Å². The van der Waals surface area contributed by atoms with Crippen molar-refractivity contribution in [2.45, 2.75) is 33.7 Å². The van der Waals surface area contributed by atoms with Crippen molar-refractivity contribution in [3.05, 3.63) is 29.8 Å². The maximum Gasteiger partial charge on any atom is 0.146 e. The Hall–Kier alpha value is -2.11. The minimum atomic E-state index is 0.802. The van der Waals surface area contributed by atoms with Crippen LogP contribution in [-0.2, 0) is 6.54 Å². The van der Waals surface area contributed by atoms with E-state index in [4.69, 9.17) is 0 Å². The zero-order valence-corrected chi connectivity index (χ0v) is 12.3. The van der Waals surface area contributed by atoms with Gasteiger partial charge in [0, 0.05) is 25.3 Å². The SMILES string of the molecule is CCNc1cncc(NCCCn2nc(C)cc2C)n1. The predicted octanol–water partition coefficient (Wildman–Crippen LogP) is 2.22. The van der Waals surface area contributed by atoms with E-state index in [-0.39, 0.29) is 0 Å². The molecule has 0 saturated heterocycles. The average Bonchev–Trinajstić information content (AvgIpc) is 2.74. The molecule has 0 bridgehead atoms. The van der Waals surface area contributed by atoms with E-state index >= 15 is 0 Å². The topological polar surface area (TPSA) is 67.7 Å². The molecule has 0 unspecified atom stereocenters. The molecule has 20 heavy (non-hydrogen) atoms. The molecule has 2 rings (SSSR count). The van der Waals surface area contributed by atoms with Crippen molar-refractivity contribution in [1.29, 1.82) is 0 Å². The van der Waals surface area contributed by atoms with Gasteiger partial charge in [-0.25, -0.2) is 4.98 Å². The number of nitrogens with one attached hydrogen (secondary N) is 2. The lowest BCUT2D eigenvalue weighted by Crippen LogP contribution is -2.10. The van der Waals surface area contributed by atoms with Crippen LogP contribution in [0.4, 0.5) is 11.6 Å². The Kier molecular flexibility index (Phi) is 4.92. The summed E-state index contributed by atoms with van der Waals surface area (Å²) in [6.45, 7) is 8.74. The molecule has 6 nitrogen and oxygen atoms in total. The third-order valence-corrected chi connectivity index (χ3v) is 2.95. The van der Waals surface area contributed by atoms with Crippen LogP contribution in [0.2, 0.25) is 0 Å². The molecule has 6 heteroatoms. The molecule has 0 amide bonds. The number of hydrogen-bond donors (Lipinski definition) is 2. The molecule has 0 radical (unpaired) electrons. The predicted molar refractivity (Wildman–Crippen MR) is 81.0 cm³/mol. The van der Waals surface area contributed by atoms with Gasteiger partial charge in [0.05, 0.1) is 18.1 Å². The molecule has 0 aliphatic rings. The van der Waals surface area contributed by atoms with Crippen LogP contribution in [0.1, 0.15) is 24.7 Å². The number of rotatable bonds is 7. The molecule has 0 aliphatic carbocycles. The third-order valence-electron chi connectivity index (χ3n) is 2.95. The standard InChI is InChI=1S/C14H22N6/c1-4-16-13-9-15-10-14(18-13)17-6-5-7-20-12(3)8-11(2)19-20/h8-10H,4-7H2,1-3H3,(H2,16,17,18). The number of nitrogens with zero attached hydrogens (tertiary/aromatic N) is 4. The van der Waals surface area contributed by atoms with Crippen molar-refractivity contribution in [3.8, 4) is 0 Å². The summed E-state index contributed by atoms with van der Waals surface area (Å²) in [5.74, 6) is 1.60. The lowest BCUT2D eigenvalue weighted by atomic mass is 10.4. The van der Waals surface area contributed by atoms with Gasteiger partial charge in [-0.2, -0.15) is 5.10 Å². The van der Waals surface area contributed by atoms with E-state index in [0.29, 0.717) is 0 Å². The average molecular weight is 274 g/mol. The summed E-state index contributed by atoms with van der Waals surface area (Å²) in [4.78, 5) is 8.57. The first-order valence-corrected chi connectivity index (χ1v) is 7.00. The van der Waals surface area contributed by atoms with Gasteiger partial charge in [-0.3, -0.25) is 9.67 Å². The summed E-state index contributed by atoms with van der Waals surface area (Å²) in [7, 11) is 0. The second-order valence-corrected chi connectivity index (χ2v) is 4.75. The molecular weight excluding hydrogens is 252 g/mol. The molecule has 0 atom stereocenters. The molecule has 0 aliphatic heterocycles. The Morgan fingerprint density at radius 2 is 1.90 bits per heavy atom. The lowest BCUT2D eigenvalue weighted by Gasteiger charge is -2.08. The highest BCUT2D eigenvalue weighted by Crippen LogP contribution is 2.07. The van der Waals surface area contributed by atoms with Crippen LogP contribution in [0.25, 0.3) is 0 Å². The fourth-order valence-corrected chi connectivity index (χ4v) is 2.06. The van der Waals surface area contributed by atoms with E-state index in [1.807, 2.05) is 18.5 Å². The van der Waals surface area contributed by atoms with Gasteiger partial charge in [-0.15, -0.1) is 0 Å². The zero-order valence-electron chi connectivity index (χ0n) is 12.3. The summed E-state index contributed by atoms with van der Waals surface area (Å²) in [6.07, 6.45) is 4.46. The molecule has 2 N–H and O–H groups in total. The quantitative estimate of drug-likeness (QED) is 0.758. The molecule has 0 spiro atoms. The van der Waals surface area contributed by atoms with Crippen molar-refractivity contribution in [2.75, 3.05) is 23.7 Å². The van der Waals surface area contributed by atoms with E-state index in [1.54, 1.807) is 12.4 Å². The Bertz CT molecular complexity index is 548. The number of hydrogen-bond acceptors (Lipinski definition) is 5. The number of anilines is 2. The third kappa shape index (κ3) is 3.94. The van der Waals surface area contributed by atoms with E-state index in [0.717, 1.165) is 43.4 Å². The summed E-state index contributed by atoms with van der Waals surface area (Å²) >= 11 is 0. The molecule has 2 aromatic rings. The maximum atomic E-state index is 4.44. The van der Waals surface area contributed by atoms with Gasteiger partial charge in [0.15, 0.2) is 0 Å². The van der Waals surface area contributed by atoms with Crippen LogP contribution in [0.5, 0.6) is 0 Å². The van der Waals surface area contributed by atoms with Crippen molar-refractivity contribution >= 4 is 11.6 Å². The second-order valence-electron chi connectivity index (χ2n) is 4.75. The summed E-state index contributed by atoms with van der Waals surface area (Å²) in [5.41, 5.74) is 2.27. The van der Waals surface area contributed by atoms with Gasteiger partial charge >= 0.3 is 0 Å². The maximum absolute atomic E-state index is 4.44. The largest absolute Gasteiger partial charge is 0.369 e. The minimum Gasteiger partial charge on any atom is -0.369 e. The second kappa shape index (κ2) is 6.88. The number of aryl methyl sites for hydroxylation is 3. The molecule has 2 aromatic heterocycles. The van der Waals surface area contributed by atoms with Crippen LogP contribution in [0.3, 0.4) is 0 Å². The molecular formula is C14H22N6. The molecule has 108 valence electrons. The fourth-order valence-electron chi connectivity index (χ4n) is 2.06. The van der Waals surface area contributed by atoms with Gasteiger partial charge in [-0.05, 0) is 33.3 Å². The van der Waals surface area contributed by atoms with Crippen molar-refractivity contribution in [1.82, 2.24) is 19.7 Å². The highest BCUT2D eigenvalue weighted by Gasteiger charge is 2.01. The van der Waals surface area contributed by atoms with Crippen molar-refractivity contribution in [3.63, 3.8) is 0 Å². The highest BCUT2D eigenvalue weighted by atomic mass is 15.3. The van der Waals surface area contributed by atoms with Gasteiger partial charge < -0.3 is 10.6 Å². The highest BCUT2D eigenvalue weighted by molar-refractivity contribution is 5.41. The van der Waals surface area contributed by atoms with Gasteiger partial charge in [0.2, 0.25) is 0 Å². The monoisotopic (exact) mass is 274 g/mol. The minimum absolute atomic E-state index is 0.802. The summed E-state index contributed by atoms with van der Waals surface area (Å²) in [5, 5.41) is 10.9. The van der Waals surface area contributed by atoms with Crippen LogP contribution >= 0.6 is 0 Å². The smallest absolute Gasteiger partial charge is 0.146 e. The Morgan fingerprint density at radius 1 is 1.15 bits per heavy atom. The number of aromatic nitrogens is 4. The van der Waals surface area contributed by atoms with Crippen LogP contribution in [0.15, 0.2) is 18.5 Å². The first-order valence-electron chi connectivity index (χ1n) is 7.00. The van der Waals surface area contributed by atoms with Crippen molar-refractivity contribution in [2.24, 2.45) is 0 Å². The van der Waals surface area contributed by atoms with E-state index in [9.17, 15) is 0 Å². The first kappa shape index (κ1) is 14.3. The lowest BCUT2D eigenvalue weighted by molar-refractivity contribution is 0.573. The fraction of sp³-hybridized carbons (Fsp3) is 0.500. The molecule has 0 fully saturated rings. The van der Waals surface area contributed by atoms with Gasteiger partial charge in [0.1, 0.15) is 11.6 Å². The van der Waals surface area contributed by atoms with E-state index in [1.165, 1.54) is 5.69 Å². The molecule has 2 heterocycles. The van der Waals surface area contributed by atoms with Crippen molar-refractivity contribution < 1.29 is 0 Å². The van der Waals surface area contributed by atoms with Gasteiger partial charge in [0.25, 0.3) is 0 Å². The normalized spacial score (nSPS) is 10.6. The first-order chi connectivity index (χ1) is 9.69. The zero-order chi connectivity index (χ0) is 14.4. The Morgan fingerprint density at radius 3 is 2.55 bits per heavy atom. The van der Waals surface area contributed by atoms with E-state index in [2.05, 4.69) is 38.7 Å². The van der Waals surface area contributed by atoms with Gasteiger partial charge in [-0.1, -0.05) is 0 Å². The van der Waals surface area contributed by atoms with Crippen LogP contribution in [-0.4, -0.2) is 32.8 Å². The molecule has 0 aromatic carbocycles. The summed E-state index contributed by atoms with van der Waals surface area (Å²) < 4.78 is 2.04.